The van der Waals surface area contributed by atoms with Crippen molar-refractivity contribution in [1.29, 1.82) is 0 Å². The first-order chi connectivity index (χ1) is 15.7. The molecule has 1 saturated carbocycles. The average Bonchev–Trinajstić information content (AvgIpc) is 3.37. The molecule has 0 saturated heterocycles. The second kappa shape index (κ2) is 7.43. The van der Waals surface area contributed by atoms with Gasteiger partial charge in [0.1, 0.15) is 17.9 Å². The zero-order chi connectivity index (χ0) is 23.5. The minimum atomic E-state index is -0.660. The van der Waals surface area contributed by atoms with Crippen molar-refractivity contribution < 1.29 is 18.0 Å². The Morgan fingerprint density at radius 3 is 2.61 bits per heavy atom. The van der Waals surface area contributed by atoms with E-state index in [0.717, 1.165) is 24.1 Å². The Balaban J connectivity index is 1.56. The van der Waals surface area contributed by atoms with E-state index in [2.05, 4.69) is 29.0 Å². The molecule has 1 amide bonds. The number of hydrogen-bond donors (Lipinski definition) is 0. The van der Waals surface area contributed by atoms with E-state index in [-0.39, 0.29) is 34.2 Å². The Labute approximate surface area is 191 Å². The molecule has 2 aliphatic carbocycles. The van der Waals surface area contributed by atoms with Gasteiger partial charge in [0.05, 0.1) is 17.0 Å². The van der Waals surface area contributed by atoms with Gasteiger partial charge >= 0.3 is 0 Å². The summed E-state index contributed by atoms with van der Waals surface area (Å²) in [5, 5.41) is 8.79. The molecule has 0 spiro atoms. The molecule has 6 nitrogen and oxygen atoms in total. The molecule has 0 radical (unpaired) electrons. The Hall–Kier alpha value is -3.16. The van der Waals surface area contributed by atoms with Crippen molar-refractivity contribution in [2.75, 3.05) is 13.1 Å². The van der Waals surface area contributed by atoms with Crippen molar-refractivity contribution in [2.45, 2.75) is 51.9 Å². The van der Waals surface area contributed by atoms with Crippen LogP contribution in [-0.2, 0) is 5.41 Å². The van der Waals surface area contributed by atoms with E-state index in [9.17, 15) is 13.6 Å². The molecule has 1 fully saturated rings. The first-order valence-corrected chi connectivity index (χ1v) is 11.2. The van der Waals surface area contributed by atoms with Gasteiger partial charge in [0.2, 0.25) is 0 Å². The Morgan fingerprint density at radius 1 is 1.24 bits per heavy atom. The predicted molar refractivity (Wildman–Crippen MR) is 118 cm³/mol. The monoisotopic (exact) mass is 452 g/mol. The fourth-order valence-corrected chi connectivity index (χ4v) is 5.92. The number of oxazole rings is 1. The fraction of sp³-hybridized carbons (Fsp3) is 0.440. The molecule has 0 N–H and O–H groups in total. The number of rotatable bonds is 5. The summed E-state index contributed by atoms with van der Waals surface area (Å²) >= 11 is 0. The average molecular weight is 453 g/mol. The molecule has 2 aromatic heterocycles. The molecule has 0 unspecified atom stereocenters. The van der Waals surface area contributed by atoms with E-state index >= 15 is 0 Å². The lowest BCUT2D eigenvalue weighted by molar-refractivity contribution is 0.0646. The second-order valence-electron chi connectivity index (χ2n) is 9.60. The lowest BCUT2D eigenvalue weighted by Gasteiger charge is -2.41. The number of nitrogens with zero attached hydrogens (tertiary/aromatic N) is 4. The predicted octanol–water partition coefficient (Wildman–Crippen LogP) is 5.04. The van der Waals surface area contributed by atoms with Crippen molar-refractivity contribution >= 4 is 5.91 Å². The minimum Gasteiger partial charge on any atom is -0.448 e. The quantitative estimate of drug-likeness (QED) is 0.543. The molecular weight excluding hydrogens is 426 g/mol. The first kappa shape index (κ1) is 21.7. The smallest absolute Gasteiger partial charge is 0.275 e. The number of fused-ring (bicyclic) bond motifs is 5. The van der Waals surface area contributed by atoms with Gasteiger partial charge in [-0.1, -0.05) is 19.9 Å². The van der Waals surface area contributed by atoms with Crippen molar-refractivity contribution in [2.24, 2.45) is 5.41 Å². The van der Waals surface area contributed by atoms with E-state index in [0.29, 0.717) is 19.0 Å². The van der Waals surface area contributed by atoms with Gasteiger partial charge in [0.15, 0.2) is 11.6 Å². The molecule has 2 bridgehead atoms. The molecule has 2 atom stereocenters. The Morgan fingerprint density at radius 2 is 1.97 bits per heavy atom. The van der Waals surface area contributed by atoms with Gasteiger partial charge in [-0.15, -0.1) is 0 Å². The maximum absolute atomic E-state index is 14.4. The molecule has 172 valence electrons. The maximum atomic E-state index is 14.4. The van der Waals surface area contributed by atoms with Gasteiger partial charge in [0.25, 0.3) is 5.91 Å². The summed E-state index contributed by atoms with van der Waals surface area (Å²) in [4.78, 5) is 19.1. The van der Waals surface area contributed by atoms with Crippen molar-refractivity contribution in [3.05, 3.63) is 65.0 Å². The van der Waals surface area contributed by atoms with E-state index in [4.69, 9.17) is 4.42 Å². The minimum absolute atomic E-state index is 0.158. The van der Waals surface area contributed by atoms with Crippen molar-refractivity contribution in [3.8, 4) is 11.3 Å². The fourth-order valence-electron chi connectivity index (χ4n) is 5.92. The molecule has 3 aromatic rings. The highest BCUT2D eigenvalue weighted by atomic mass is 19.1. The summed E-state index contributed by atoms with van der Waals surface area (Å²) in [5.41, 5.74) is 1.51. The highest BCUT2D eigenvalue weighted by molar-refractivity contribution is 5.92. The standard InChI is InChI=1S/C25H26F2N4O2/c1-5-31(23(32)20-12-33-14(2)28-20)13-25-10-9-16(24(25,3)4)15-11-19(29-30-22(15)25)21-17(26)7-6-8-18(21)27/h6-8,11-12,16H,5,9-10,13H2,1-4H3/t16-,25-/m0/s1. The molecule has 5 rings (SSSR count). The molecular formula is C25H26F2N4O2. The van der Waals surface area contributed by atoms with Crippen LogP contribution in [0.1, 0.15) is 67.2 Å². The number of aryl methyl sites for hydroxylation is 1. The third-order valence-electron chi connectivity index (χ3n) is 7.80. The van der Waals surface area contributed by atoms with Crippen LogP contribution in [0, 0.1) is 24.0 Å². The summed E-state index contributed by atoms with van der Waals surface area (Å²) in [6.45, 7) is 8.99. The number of amides is 1. The Kier molecular flexibility index (Phi) is 4.88. The normalized spacial score (nSPS) is 22.4. The van der Waals surface area contributed by atoms with Gasteiger partial charge in [0, 0.05) is 25.4 Å². The van der Waals surface area contributed by atoms with E-state index in [1.807, 2.05) is 6.92 Å². The molecule has 0 aliphatic heterocycles. The molecule has 8 heteroatoms. The summed E-state index contributed by atoms with van der Waals surface area (Å²) in [5.74, 6) is -0.896. The number of aromatic nitrogens is 3. The van der Waals surface area contributed by atoms with E-state index < -0.39 is 17.0 Å². The van der Waals surface area contributed by atoms with Crippen LogP contribution in [0.15, 0.2) is 34.9 Å². The van der Waals surface area contributed by atoms with Gasteiger partial charge in [-0.2, -0.15) is 10.2 Å². The third kappa shape index (κ3) is 3.03. The highest BCUT2D eigenvalue weighted by Gasteiger charge is 2.64. The molecule has 33 heavy (non-hydrogen) atoms. The summed E-state index contributed by atoms with van der Waals surface area (Å²) in [7, 11) is 0. The van der Waals surface area contributed by atoms with Crippen LogP contribution in [0.5, 0.6) is 0 Å². The molecule has 1 aromatic carbocycles. The van der Waals surface area contributed by atoms with E-state index in [1.165, 1.54) is 24.5 Å². The maximum Gasteiger partial charge on any atom is 0.275 e. The molecule has 2 aliphatic rings. The first-order valence-electron chi connectivity index (χ1n) is 11.2. The van der Waals surface area contributed by atoms with Crippen LogP contribution in [0.2, 0.25) is 0 Å². The van der Waals surface area contributed by atoms with Gasteiger partial charge in [-0.3, -0.25) is 4.79 Å². The Bertz CT molecular complexity index is 1230. The lowest BCUT2D eigenvalue weighted by atomic mass is 9.68. The van der Waals surface area contributed by atoms with Gasteiger partial charge in [-0.25, -0.2) is 13.8 Å². The zero-order valence-electron chi connectivity index (χ0n) is 19.2. The lowest BCUT2D eigenvalue weighted by Crippen LogP contribution is -2.48. The summed E-state index contributed by atoms with van der Waals surface area (Å²) in [6, 6.07) is 5.57. The van der Waals surface area contributed by atoms with E-state index in [1.54, 1.807) is 17.9 Å². The summed E-state index contributed by atoms with van der Waals surface area (Å²) in [6.07, 6.45) is 3.17. The number of carbonyl (C=O) groups excluding carboxylic acids is 1. The van der Waals surface area contributed by atoms with Crippen LogP contribution in [0.4, 0.5) is 8.78 Å². The molecule has 2 heterocycles. The number of halogens is 2. The summed E-state index contributed by atoms with van der Waals surface area (Å²) < 4.78 is 34.1. The van der Waals surface area contributed by atoms with Crippen LogP contribution >= 0.6 is 0 Å². The number of hydrogen-bond acceptors (Lipinski definition) is 5. The topological polar surface area (TPSA) is 72.1 Å². The highest BCUT2D eigenvalue weighted by Crippen LogP contribution is 2.67. The number of benzene rings is 1. The largest absolute Gasteiger partial charge is 0.448 e. The number of likely N-dealkylation sites (N-methyl/N-ethyl adjacent to an activating group) is 1. The third-order valence-corrected chi connectivity index (χ3v) is 7.80. The van der Waals surface area contributed by atoms with Crippen LogP contribution < -0.4 is 0 Å². The van der Waals surface area contributed by atoms with Crippen LogP contribution in [0.25, 0.3) is 11.3 Å². The SMILES string of the molecule is CCN(C[C@@]12CC[C@@H](c3cc(-c4c(F)cccc4F)nnc31)C2(C)C)C(=O)c1coc(C)n1. The number of carbonyl (C=O) groups is 1. The zero-order valence-corrected chi connectivity index (χ0v) is 19.2. The van der Waals surface area contributed by atoms with Gasteiger partial charge in [-0.05, 0) is 54.9 Å². The second-order valence-corrected chi connectivity index (χ2v) is 9.60. The van der Waals surface area contributed by atoms with Crippen LogP contribution in [0.3, 0.4) is 0 Å². The van der Waals surface area contributed by atoms with Crippen molar-refractivity contribution in [3.63, 3.8) is 0 Å². The van der Waals surface area contributed by atoms with Crippen LogP contribution in [-0.4, -0.2) is 39.1 Å². The van der Waals surface area contributed by atoms with Gasteiger partial charge < -0.3 is 9.32 Å². The van der Waals surface area contributed by atoms with Crippen molar-refractivity contribution in [1.82, 2.24) is 20.1 Å².